The van der Waals surface area contributed by atoms with Gasteiger partial charge in [0.05, 0.1) is 11.1 Å². The number of rotatable bonds is 9. The highest BCUT2D eigenvalue weighted by molar-refractivity contribution is 5.96. The predicted molar refractivity (Wildman–Crippen MR) is 167 cm³/mol. The number of likely N-dealkylation sites (tertiary alicyclic amines) is 1. The molecule has 5 aromatic rings. The van der Waals surface area contributed by atoms with Crippen LogP contribution in [0, 0.1) is 0 Å². The smallest absolute Gasteiger partial charge is 0.407 e. The molecular formula is C34H35N5O4. The standard InChI is InChI=1S/C34H35N5O4/c1-37(26-17-19-39(20-18-26)34(40)41)27-13-14-28-30(21-27)38(2)36-32(28)29-15-16-31(42-22-24-9-5-3-6-10-24)35-33(29)43-23-25-11-7-4-8-12-25/h3-16,21,26H,17-20,22-23H2,1-2H3,(H,40,41). The second-order valence-corrected chi connectivity index (χ2v) is 10.8. The summed E-state index contributed by atoms with van der Waals surface area (Å²) in [6.45, 7) is 1.87. The van der Waals surface area contributed by atoms with Crippen LogP contribution in [0.25, 0.3) is 22.2 Å². The quantitative estimate of drug-likeness (QED) is 0.218. The van der Waals surface area contributed by atoms with Crippen LogP contribution in [0.2, 0.25) is 0 Å². The number of carbonyl (C=O) groups is 1. The monoisotopic (exact) mass is 577 g/mol. The third-order valence-electron chi connectivity index (χ3n) is 8.06. The molecule has 0 aliphatic carbocycles. The van der Waals surface area contributed by atoms with Crippen molar-refractivity contribution in [1.82, 2.24) is 19.7 Å². The number of amides is 1. The van der Waals surface area contributed by atoms with Crippen molar-refractivity contribution in [1.29, 1.82) is 0 Å². The highest BCUT2D eigenvalue weighted by Gasteiger charge is 2.26. The van der Waals surface area contributed by atoms with Crippen LogP contribution in [0.3, 0.4) is 0 Å². The van der Waals surface area contributed by atoms with Crippen LogP contribution >= 0.6 is 0 Å². The summed E-state index contributed by atoms with van der Waals surface area (Å²) in [6.07, 6.45) is 0.746. The van der Waals surface area contributed by atoms with Gasteiger partial charge >= 0.3 is 6.09 Å². The fourth-order valence-corrected chi connectivity index (χ4v) is 5.57. The second-order valence-electron chi connectivity index (χ2n) is 10.8. The topological polar surface area (TPSA) is 93.0 Å². The van der Waals surface area contributed by atoms with E-state index < -0.39 is 6.09 Å². The molecule has 1 fully saturated rings. The molecule has 1 aliphatic heterocycles. The molecule has 0 saturated carbocycles. The molecule has 1 N–H and O–H groups in total. The molecule has 1 aliphatic rings. The van der Waals surface area contributed by atoms with Crippen molar-refractivity contribution in [3.63, 3.8) is 0 Å². The van der Waals surface area contributed by atoms with E-state index in [0.29, 0.717) is 38.1 Å². The first-order valence-corrected chi connectivity index (χ1v) is 14.5. The molecular weight excluding hydrogens is 542 g/mol. The Hall–Kier alpha value is -5.05. The number of anilines is 1. The van der Waals surface area contributed by atoms with E-state index >= 15 is 0 Å². The van der Waals surface area contributed by atoms with Gasteiger partial charge in [-0.2, -0.15) is 10.1 Å². The Labute approximate surface area is 250 Å². The van der Waals surface area contributed by atoms with Crippen molar-refractivity contribution in [2.24, 2.45) is 7.05 Å². The van der Waals surface area contributed by atoms with Crippen molar-refractivity contribution in [2.45, 2.75) is 32.1 Å². The minimum atomic E-state index is -0.845. The maximum Gasteiger partial charge on any atom is 0.407 e. The van der Waals surface area contributed by atoms with E-state index in [9.17, 15) is 9.90 Å². The van der Waals surface area contributed by atoms with Gasteiger partial charge in [0.1, 0.15) is 18.9 Å². The average molecular weight is 578 g/mol. The number of aryl methyl sites for hydroxylation is 1. The minimum Gasteiger partial charge on any atom is -0.473 e. The molecule has 9 nitrogen and oxygen atoms in total. The van der Waals surface area contributed by atoms with E-state index in [2.05, 4.69) is 30.1 Å². The van der Waals surface area contributed by atoms with Gasteiger partial charge in [0.2, 0.25) is 11.8 Å². The van der Waals surface area contributed by atoms with Gasteiger partial charge in [-0.3, -0.25) is 4.68 Å². The normalized spacial score (nSPS) is 13.7. The largest absolute Gasteiger partial charge is 0.473 e. The number of ether oxygens (including phenoxy) is 2. The lowest BCUT2D eigenvalue weighted by Gasteiger charge is -2.36. The molecule has 1 amide bonds. The van der Waals surface area contributed by atoms with Gasteiger partial charge < -0.3 is 24.4 Å². The zero-order valence-electron chi connectivity index (χ0n) is 24.4. The number of benzene rings is 3. The van der Waals surface area contributed by atoms with Crippen LogP contribution in [0.1, 0.15) is 24.0 Å². The van der Waals surface area contributed by atoms with Crippen molar-refractivity contribution in [2.75, 3.05) is 25.0 Å². The molecule has 9 heteroatoms. The van der Waals surface area contributed by atoms with E-state index in [0.717, 1.165) is 51.8 Å². The minimum absolute atomic E-state index is 0.270. The highest BCUT2D eigenvalue weighted by atomic mass is 16.5. The Bertz CT molecular complexity index is 1700. The number of piperidine rings is 1. The number of nitrogens with zero attached hydrogens (tertiary/aromatic N) is 5. The van der Waals surface area contributed by atoms with Gasteiger partial charge in [-0.15, -0.1) is 0 Å². The molecule has 6 rings (SSSR count). The Morgan fingerprint density at radius 3 is 2.21 bits per heavy atom. The molecule has 220 valence electrons. The Balaban J connectivity index is 1.28. The molecule has 0 bridgehead atoms. The first-order chi connectivity index (χ1) is 21.0. The van der Waals surface area contributed by atoms with Gasteiger partial charge in [0.25, 0.3) is 0 Å². The van der Waals surface area contributed by atoms with E-state index in [-0.39, 0.29) is 6.04 Å². The summed E-state index contributed by atoms with van der Waals surface area (Å²) in [7, 11) is 4.02. The number of aromatic nitrogens is 3. The Kier molecular flexibility index (Phi) is 8.13. The van der Waals surface area contributed by atoms with Gasteiger partial charge in [0, 0.05) is 50.4 Å². The molecule has 0 unspecified atom stereocenters. The fraction of sp³-hybridized carbons (Fsp3) is 0.265. The lowest BCUT2D eigenvalue weighted by atomic mass is 10.0. The fourth-order valence-electron chi connectivity index (χ4n) is 5.57. The summed E-state index contributed by atoms with van der Waals surface area (Å²) < 4.78 is 14.2. The van der Waals surface area contributed by atoms with Crippen LogP contribution in [-0.4, -0.2) is 57.0 Å². The van der Waals surface area contributed by atoms with E-state index in [1.165, 1.54) is 4.90 Å². The number of fused-ring (bicyclic) bond motifs is 1. The highest BCUT2D eigenvalue weighted by Crippen LogP contribution is 2.37. The predicted octanol–water partition coefficient (Wildman–Crippen LogP) is 6.37. The van der Waals surface area contributed by atoms with E-state index in [1.54, 1.807) is 0 Å². The number of hydrogen-bond acceptors (Lipinski definition) is 6. The molecule has 0 radical (unpaired) electrons. The van der Waals surface area contributed by atoms with E-state index in [1.807, 2.05) is 84.5 Å². The molecule has 3 heterocycles. The second kappa shape index (κ2) is 12.4. The van der Waals surface area contributed by atoms with Gasteiger partial charge in [-0.1, -0.05) is 60.7 Å². The third-order valence-corrected chi connectivity index (χ3v) is 8.06. The number of pyridine rings is 1. The van der Waals surface area contributed by atoms with Crippen LogP contribution in [0.15, 0.2) is 91.0 Å². The van der Waals surface area contributed by atoms with Crippen molar-refractivity contribution in [3.05, 3.63) is 102 Å². The zero-order chi connectivity index (χ0) is 29.8. The summed E-state index contributed by atoms with van der Waals surface area (Å²) in [5, 5.41) is 15.2. The Morgan fingerprint density at radius 1 is 0.907 bits per heavy atom. The lowest BCUT2D eigenvalue weighted by Crippen LogP contribution is -2.45. The summed E-state index contributed by atoms with van der Waals surface area (Å²) in [6, 6.07) is 30.4. The van der Waals surface area contributed by atoms with Gasteiger partial charge in [-0.05, 0) is 48.2 Å². The van der Waals surface area contributed by atoms with Gasteiger partial charge in [0.15, 0.2) is 0 Å². The maximum atomic E-state index is 11.3. The number of hydrogen-bond donors (Lipinski definition) is 1. The summed E-state index contributed by atoms with van der Waals surface area (Å²) in [5.74, 6) is 0.939. The van der Waals surface area contributed by atoms with Crippen molar-refractivity contribution < 1.29 is 19.4 Å². The van der Waals surface area contributed by atoms with Gasteiger partial charge in [-0.25, -0.2) is 4.79 Å². The molecule has 43 heavy (non-hydrogen) atoms. The molecule has 1 saturated heterocycles. The molecule has 2 aromatic heterocycles. The third kappa shape index (κ3) is 6.25. The van der Waals surface area contributed by atoms with Crippen LogP contribution < -0.4 is 14.4 Å². The first-order valence-electron chi connectivity index (χ1n) is 14.5. The van der Waals surface area contributed by atoms with Crippen LogP contribution in [0.4, 0.5) is 10.5 Å². The molecule has 0 atom stereocenters. The molecule has 3 aromatic carbocycles. The summed E-state index contributed by atoms with van der Waals surface area (Å²) in [5.41, 5.74) is 5.73. The van der Waals surface area contributed by atoms with Crippen LogP contribution in [0.5, 0.6) is 11.8 Å². The average Bonchev–Trinajstić information content (AvgIpc) is 3.38. The zero-order valence-corrected chi connectivity index (χ0v) is 24.4. The first kappa shape index (κ1) is 28.1. The molecule has 0 spiro atoms. The maximum absolute atomic E-state index is 11.3. The van der Waals surface area contributed by atoms with Crippen molar-refractivity contribution in [3.8, 4) is 23.0 Å². The van der Waals surface area contributed by atoms with Crippen molar-refractivity contribution >= 4 is 22.7 Å². The Morgan fingerprint density at radius 2 is 1.56 bits per heavy atom. The lowest BCUT2D eigenvalue weighted by molar-refractivity contribution is 0.132. The van der Waals surface area contributed by atoms with Crippen LogP contribution in [-0.2, 0) is 20.3 Å². The van der Waals surface area contributed by atoms with E-state index in [4.69, 9.17) is 19.6 Å². The summed E-state index contributed by atoms with van der Waals surface area (Å²) in [4.78, 5) is 19.8. The SMILES string of the molecule is CN(c1ccc2c(-c3ccc(OCc4ccccc4)nc3OCc3ccccc3)nn(C)c2c1)C1CCN(C(=O)O)CC1. The summed E-state index contributed by atoms with van der Waals surface area (Å²) >= 11 is 0. The number of carboxylic acid groups (broad SMARTS) is 1.